The summed E-state index contributed by atoms with van der Waals surface area (Å²) in [6.45, 7) is 1.65. The van der Waals surface area contributed by atoms with E-state index >= 15 is 0 Å². The number of nitrogens with zero attached hydrogens (tertiary/aromatic N) is 1. The molecule has 0 aliphatic heterocycles. The van der Waals surface area contributed by atoms with Crippen LogP contribution < -0.4 is 16.5 Å². The lowest BCUT2D eigenvalue weighted by Crippen LogP contribution is -2.33. The number of primary amides is 1. The summed E-state index contributed by atoms with van der Waals surface area (Å²) in [7, 11) is 0. The number of anilines is 1. The Balaban J connectivity index is 2.01. The van der Waals surface area contributed by atoms with E-state index in [0.29, 0.717) is 17.0 Å². The number of benzene rings is 1. The van der Waals surface area contributed by atoms with Crippen molar-refractivity contribution in [3.63, 3.8) is 0 Å². The molecule has 8 nitrogen and oxygen atoms in total. The van der Waals surface area contributed by atoms with Crippen molar-refractivity contribution in [2.24, 2.45) is 10.8 Å². The van der Waals surface area contributed by atoms with Crippen LogP contribution in [0.15, 0.2) is 52.2 Å². The molecule has 3 amide bonds. The number of amides is 3. The number of furan rings is 1. The molecule has 0 saturated heterocycles. The maximum Gasteiger partial charge on any atom is 0.329 e. The van der Waals surface area contributed by atoms with Crippen molar-refractivity contribution in [2.75, 3.05) is 5.32 Å². The number of carbonyl (C=O) groups is 3. The summed E-state index contributed by atoms with van der Waals surface area (Å²) in [6, 6.07) is 9.93. The molecule has 2 rings (SSSR count). The van der Waals surface area contributed by atoms with Crippen LogP contribution in [0.5, 0.6) is 0 Å². The van der Waals surface area contributed by atoms with Gasteiger partial charge in [0, 0.05) is 5.69 Å². The molecular formula is C15H14N4O4. The Morgan fingerprint density at radius 1 is 1.13 bits per heavy atom. The first kappa shape index (κ1) is 16.0. The van der Waals surface area contributed by atoms with Crippen molar-refractivity contribution < 1.29 is 18.8 Å². The fraction of sp³-hybridized carbons (Fsp3) is 0.0667. The summed E-state index contributed by atoms with van der Waals surface area (Å²) in [4.78, 5) is 33.4. The van der Waals surface area contributed by atoms with Crippen molar-refractivity contribution in [3.05, 3.63) is 54.0 Å². The van der Waals surface area contributed by atoms with E-state index in [4.69, 9.17) is 10.2 Å². The molecule has 0 saturated carbocycles. The van der Waals surface area contributed by atoms with Crippen molar-refractivity contribution in [1.29, 1.82) is 0 Å². The molecule has 0 bridgehead atoms. The Morgan fingerprint density at radius 3 is 2.39 bits per heavy atom. The smallest absolute Gasteiger partial charge is 0.329 e. The van der Waals surface area contributed by atoms with E-state index < -0.39 is 11.8 Å². The van der Waals surface area contributed by atoms with Crippen molar-refractivity contribution in [2.45, 2.75) is 6.92 Å². The van der Waals surface area contributed by atoms with Gasteiger partial charge < -0.3 is 15.5 Å². The normalized spacial score (nSPS) is 10.9. The van der Waals surface area contributed by atoms with Crippen LogP contribution in [0, 0.1) is 0 Å². The highest BCUT2D eigenvalue weighted by Gasteiger charge is 2.09. The fourth-order valence-electron chi connectivity index (χ4n) is 1.65. The largest absolute Gasteiger partial charge is 0.459 e. The molecule has 4 N–H and O–H groups in total. The van der Waals surface area contributed by atoms with Gasteiger partial charge in [-0.3, -0.25) is 14.4 Å². The summed E-state index contributed by atoms with van der Waals surface area (Å²) in [6.07, 6.45) is 1.41. The Bertz CT molecular complexity index is 748. The third-order valence-electron chi connectivity index (χ3n) is 2.85. The van der Waals surface area contributed by atoms with Gasteiger partial charge in [-0.2, -0.15) is 5.10 Å². The van der Waals surface area contributed by atoms with E-state index in [2.05, 4.69) is 10.4 Å². The zero-order chi connectivity index (χ0) is 16.8. The second-order valence-electron chi connectivity index (χ2n) is 4.51. The average Bonchev–Trinajstić information content (AvgIpc) is 3.07. The van der Waals surface area contributed by atoms with Gasteiger partial charge in [0.2, 0.25) is 0 Å². The van der Waals surface area contributed by atoms with Crippen LogP contribution in [0.25, 0.3) is 0 Å². The number of hydrogen-bond donors (Lipinski definition) is 3. The Morgan fingerprint density at radius 2 is 1.83 bits per heavy atom. The first-order valence-corrected chi connectivity index (χ1v) is 6.56. The molecular weight excluding hydrogens is 300 g/mol. The molecule has 0 radical (unpaired) electrons. The Labute approximate surface area is 131 Å². The number of hydrogen-bond acceptors (Lipinski definition) is 5. The Kier molecular flexibility index (Phi) is 4.88. The second-order valence-corrected chi connectivity index (χ2v) is 4.51. The fourth-order valence-corrected chi connectivity index (χ4v) is 1.65. The van der Waals surface area contributed by atoms with Gasteiger partial charge in [-0.25, -0.2) is 5.43 Å². The number of nitrogens with one attached hydrogen (secondary N) is 2. The average molecular weight is 314 g/mol. The first-order valence-electron chi connectivity index (χ1n) is 6.56. The SMILES string of the molecule is C/C(=N\NC(=O)C(N)=O)c1ccc(NC(=O)c2ccco2)cc1. The number of carbonyl (C=O) groups excluding carboxylic acids is 3. The topological polar surface area (TPSA) is 127 Å². The van der Waals surface area contributed by atoms with Crippen molar-refractivity contribution in [1.82, 2.24) is 5.43 Å². The maximum absolute atomic E-state index is 11.8. The van der Waals surface area contributed by atoms with Gasteiger partial charge in [-0.05, 0) is 36.8 Å². The first-order chi connectivity index (χ1) is 11.0. The minimum atomic E-state index is -1.11. The molecule has 1 aromatic heterocycles. The van der Waals surface area contributed by atoms with Gasteiger partial charge >= 0.3 is 11.8 Å². The molecule has 0 aliphatic carbocycles. The number of rotatable bonds is 4. The van der Waals surface area contributed by atoms with Crippen LogP contribution >= 0.6 is 0 Å². The molecule has 8 heteroatoms. The lowest BCUT2D eigenvalue weighted by Gasteiger charge is -2.05. The second kappa shape index (κ2) is 7.03. The highest BCUT2D eigenvalue weighted by Crippen LogP contribution is 2.12. The molecule has 0 fully saturated rings. The molecule has 1 aromatic carbocycles. The van der Waals surface area contributed by atoms with E-state index in [-0.39, 0.29) is 11.7 Å². The van der Waals surface area contributed by atoms with E-state index in [1.54, 1.807) is 43.3 Å². The number of hydrazone groups is 1. The van der Waals surface area contributed by atoms with Gasteiger partial charge in [0.1, 0.15) is 0 Å². The van der Waals surface area contributed by atoms with Crippen LogP contribution in [0.3, 0.4) is 0 Å². The molecule has 0 aliphatic rings. The van der Waals surface area contributed by atoms with Crippen LogP contribution in [-0.2, 0) is 9.59 Å². The molecule has 2 aromatic rings. The van der Waals surface area contributed by atoms with Gasteiger partial charge in [0.25, 0.3) is 5.91 Å². The summed E-state index contributed by atoms with van der Waals surface area (Å²) in [5.41, 5.74) is 8.59. The molecule has 0 unspecified atom stereocenters. The van der Waals surface area contributed by atoms with E-state index in [0.717, 1.165) is 0 Å². The van der Waals surface area contributed by atoms with E-state index in [9.17, 15) is 14.4 Å². The van der Waals surface area contributed by atoms with E-state index in [1.165, 1.54) is 6.26 Å². The van der Waals surface area contributed by atoms with Crippen LogP contribution in [0.4, 0.5) is 5.69 Å². The highest BCUT2D eigenvalue weighted by molar-refractivity contribution is 6.34. The molecule has 23 heavy (non-hydrogen) atoms. The lowest BCUT2D eigenvalue weighted by atomic mass is 10.1. The quantitative estimate of drug-likeness (QED) is 0.439. The molecule has 1 heterocycles. The summed E-state index contributed by atoms with van der Waals surface area (Å²) in [5, 5.41) is 6.43. The third kappa shape index (κ3) is 4.27. The lowest BCUT2D eigenvalue weighted by molar-refractivity contribution is -0.137. The van der Waals surface area contributed by atoms with E-state index in [1.807, 2.05) is 5.43 Å². The monoisotopic (exact) mass is 314 g/mol. The minimum Gasteiger partial charge on any atom is -0.459 e. The summed E-state index contributed by atoms with van der Waals surface area (Å²) in [5.74, 6) is -2.26. The molecule has 0 atom stereocenters. The van der Waals surface area contributed by atoms with Crippen LogP contribution in [0.2, 0.25) is 0 Å². The summed E-state index contributed by atoms with van der Waals surface area (Å²) >= 11 is 0. The summed E-state index contributed by atoms with van der Waals surface area (Å²) < 4.78 is 4.99. The zero-order valence-corrected chi connectivity index (χ0v) is 12.2. The van der Waals surface area contributed by atoms with Crippen molar-refractivity contribution in [3.8, 4) is 0 Å². The van der Waals surface area contributed by atoms with Gasteiger partial charge in [0.05, 0.1) is 12.0 Å². The number of nitrogens with two attached hydrogens (primary N) is 1. The van der Waals surface area contributed by atoms with Gasteiger partial charge in [0.15, 0.2) is 5.76 Å². The minimum absolute atomic E-state index is 0.209. The van der Waals surface area contributed by atoms with Crippen LogP contribution in [0.1, 0.15) is 23.0 Å². The van der Waals surface area contributed by atoms with Crippen molar-refractivity contribution >= 4 is 29.1 Å². The predicted octanol–water partition coefficient (Wildman–Crippen LogP) is 0.857. The standard InChI is InChI=1S/C15H14N4O4/c1-9(18-19-15(22)13(16)20)10-4-6-11(7-5-10)17-14(21)12-3-2-8-23-12/h2-8H,1H3,(H2,16,20)(H,17,21)(H,19,22)/b18-9+. The molecule has 0 spiro atoms. The predicted molar refractivity (Wildman–Crippen MR) is 82.7 cm³/mol. The highest BCUT2D eigenvalue weighted by atomic mass is 16.3. The zero-order valence-electron chi connectivity index (χ0n) is 12.2. The third-order valence-corrected chi connectivity index (χ3v) is 2.85. The molecule has 118 valence electrons. The van der Waals surface area contributed by atoms with Gasteiger partial charge in [-0.1, -0.05) is 12.1 Å². The van der Waals surface area contributed by atoms with Crippen LogP contribution in [-0.4, -0.2) is 23.4 Å². The maximum atomic E-state index is 11.8. The Hall–Kier alpha value is -3.42. The van der Waals surface area contributed by atoms with Gasteiger partial charge in [-0.15, -0.1) is 0 Å².